The molecule has 1 heterocycles. The number of piperidine rings is 1. The summed E-state index contributed by atoms with van der Waals surface area (Å²) in [4.78, 5) is 2.05. The van der Waals surface area contributed by atoms with Crippen LogP contribution in [0.4, 0.5) is 10.1 Å². The van der Waals surface area contributed by atoms with Crippen molar-refractivity contribution in [1.82, 2.24) is 0 Å². The molecule has 1 N–H and O–H groups in total. The molecule has 1 unspecified atom stereocenters. The SMILES string of the molecule is COCC1CCN(c2c(F)cccc2C(C)O)CC1. The van der Waals surface area contributed by atoms with Crippen molar-refractivity contribution < 1.29 is 14.2 Å². The van der Waals surface area contributed by atoms with Crippen molar-refractivity contribution in [2.45, 2.75) is 25.9 Å². The van der Waals surface area contributed by atoms with Gasteiger partial charge in [-0.15, -0.1) is 0 Å². The maximum Gasteiger partial charge on any atom is 0.146 e. The van der Waals surface area contributed by atoms with Crippen LogP contribution >= 0.6 is 0 Å². The minimum absolute atomic E-state index is 0.247. The first-order valence-electron chi connectivity index (χ1n) is 6.83. The van der Waals surface area contributed by atoms with Crippen LogP contribution in [0.1, 0.15) is 31.4 Å². The van der Waals surface area contributed by atoms with E-state index in [0.717, 1.165) is 32.5 Å². The van der Waals surface area contributed by atoms with E-state index in [2.05, 4.69) is 0 Å². The molecule has 1 fully saturated rings. The van der Waals surface area contributed by atoms with Crippen LogP contribution in [0.2, 0.25) is 0 Å². The Labute approximate surface area is 114 Å². The van der Waals surface area contributed by atoms with Crippen molar-refractivity contribution in [3.8, 4) is 0 Å². The Kier molecular flexibility index (Phi) is 4.77. The van der Waals surface area contributed by atoms with E-state index in [9.17, 15) is 9.50 Å². The second-order valence-electron chi connectivity index (χ2n) is 5.24. The van der Waals surface area contributed by atoms with Gasteiger partial charge >= 0.3 is 0 Å². The average molecular weight is 267 g/mol. The van der Waals surface area contributed by atoms with E-state index in [1.807, 2.05) is 4.90 Å². The summed E-state index contributed by atoms with van der Waals surface area (Å²) in [5, 5.41) is 9.78. The first-order valence-corrected chi connectivity index (χ1v) is 6.83. The van der Waals surface area contributed by atoms with E-state index in [1.54, 1.807) is 26.2 Å². The monoisotopic (exact) mass is 267 g/mol. The van der Waals surface area contributed by atoms with E-state index in [1.165, 1.54) is 6.07 Å². The molecule has 4 heteroatoms. The zero-order valence-electron chi connectivity index (χ0n) is 11.6. The molecule has 1 aliphatic heterocycles. The Morgan fingerprint density at radius 3 is 2.68 bits per heavy atom. The molecular formula is C15H22FNO2. The van der Waals surface area contributed by atoms with Crippen LogP contribution in [-0.4, -0.2) is 31.9 Å². The van der Waals surface area contributed by atoms with Crippen molar-refractivity contribution in [2.75, 3.05) is 31.7 Å². The van der Waals surface area contributed by atoms with Gasteiger partial charge in [0.1, 0.15) is 5.82 Å². The third-order valence-electron chi connectivity index (χ3n) is 3.80. The molecule has 1 aliphatic rings. The lowest BCUT2D eigenvalue weighted by atomic mass is 9.96. The fraction of sp³-hybridized carbons (Fsp3) is 0.600. The fourth-order valence-electron chi connectivity index (χ4n) is 2.76. The second kappa shape index (κ2) is 6.35. The Morgan fingerprint density at radius 1 is 1.42 bits per heavy atom. The first kappa shape index (κ1) is 14.3. The summed E-state index contributed by atoms with van der Waals surface area (Å²) in [7, 11) is 1.72. The van der Waals surface area contributed by atoms with Crippen LogP contribution < -0.4 is 4.90 Å². The minimum Gasteiger partial charge on any atom is -0.389 e. The van der Waals surface area contributed by atoms with Gasteiger partial charge in [-0.25, -0.2) is 4.39 Å². The van der Waals surface area contributed by atoms with Crippen LogP contribution in [0, 0.1) is 11.7 Å². The molecule has 3 nitrogen and oxygen atoms in total. The average Bonchev–Trinajstić information content (AvgIpc) is 2.40. The highest BCUT2D eigenvalue weighted by Crippen LogP contribution is 2.32. The van der Waals surface area contributed by atoms with E-state index in [0.29, 0.717) is 17.2 Å². The second-order valence-corrected chi connectivity index (χ2v) is 5.24. The summed E-state index contributed by atoms with van der Waals surface area (Å²) in [6.45, 7) is 4.08. The van der Waals surface area contributed by atoms with Gasteiger partial charge < -0.3 is 14.7 Å². The number of methoxy groups -OCH3 is 1. The molecule has 0 bridgehead atoms. The lowest BCUT2D eigenvalue weighted by Gasteiger charge is -2.35. The number of nitrogens with zero attached hydrogens (tertiary/aromatic N) is 1. The number of anilines is 1. The largest absolute Gasteiger partial charge is 0.389 e. The Hall–Kier alpha value is -1.13. The van der Waals surface area contributed by atoms with Gasteiger partial charge in [0.15, 0.2) is 0 Å². The van der Waals surface area contributed by atoms with Gasteiger partial charge in [-0.1, -0.05) is 12.1 Å². The van der Waals surface area contributed by atoms with Gasteiger partial charge in [0.25, 0.3) is 0 Å². The normalized spacial score (nSPS) is 18.6. The number of aliphatic hydroxyl groups is 1. The van der Waals surface area contributed by atoms with Gasteiger partial charge in [-0.3, -0.25) is 0 Å². The molecule has 0 spiro atoms. The molecule has 2 rings (SSSR count). The summed E-state index contributed by atoms with van der Waals surface area (Å²) < 4.78 is 19.2. The van der Waals surface area contributed by atoms with Crippen LogP contribution in [-0.2, 0) is 4.74 Å². The van der Waals surface area contributed by atoms with Crippen molar-refractivity contribution in [1.29, 1.82) is 0 Å². The number of ether oxygens (including phenoxy) is 1. The van der Waals surface area contributed by atoms with Gasteiger partial charge in [0.05, 0.1) is 11.8 Å². The van der Waals surface area contributed by atoms with E-state index in [4.69, 9.17) is 4.74 Å². The van der Waals surface area contributed by atoms with Crippen molar-refractivity contribution in [2.24, 2.45) is 5.92 Å². The number of hydrogen-bond acceptors (Lipinski definition) is 3. The number of para-hydroxylation sites is 1. The van der Waals surface area contributed by atoms with Crippen LogP contribution in [0.5, 0.6) is 0 Å². The smallest absolute Gasteiger partial charge is 0.146 e. The molecule has 1 aromatic carbocycles. The van der Waals surface area contributed by atoms with Gasteiger partial charge in [0, 0.05) is 32.4 Å². The molecule has 1 atom stereocenters. The number of benzene rings is 1. The maximum atomic E-state index is 14.1. The molecule has 19 heavy (non-hydrogen) atoms. The third-order valence-corrected chi connectivity index (χ3v) is 3.80. The Morgan fingerprint density at radius 2 is 2.11 bits per heavy atom. The number of hydrogen-bond donors (Lipinski definition) is 1. The molecule has 0 aliphatic carbocycles. The van der Waals surface area contributed by atoms with Crippen LogP contribution in [0.25, 0.3) is 0 Å². The Bertz CT molecular complexity index is 415. The highest BCUT2D eigenvalue weighted by atomic mass is 19.1. The van der Waals surface area contributed by atoms with E-state index >= 15 is 0 Å². The maximum absolute atomic E-state index is 14.1. The molecule has 1 saturated heterocycles. The predicted molar refractivity (Wildman–Crippen MR) is 73.8 cm³/mol. The summed E-state index contributed by atoms with van der Waals surface area (Å²) in [6.07, 6.45) is 1.35. The zero-order chi connectivity index (χ0) is 13.8. The number of aliphatic hydroxyl groups excluding tert-OH is 1. The summed E-state index contributed by atoms with van der Waals surface area (Å²) in [5.41, 5.74) is 1.23. The summed E-state index contributed by atoms with van der Waals surface area (Å²) in [6, 6.07) is 4.91. The molecule has 106 valence electrons. The lowest BCUT2D eigenvalue weighted by molar-refractivity contribution is 0.138. The topological polar surface area (TPSA) is 32.7 Å². The zero-order valence-corrected chi connectivity index (χ0v) is 11.6. The van der Waals surface area contributed by atoms with Gasteiger partial charge in [-0.2, -0.15) is 0 Å². The first-order chi connectivity index (χ1) is 9.13. The molecule has 1 aromatic rings. The van der Waals surface area contributed by atoms with E-state index < -0.39 is 6.10 Å². The number of halogens is 1. The lowest BCUT2D eigenvalue weighted by Crippen LogP contribution is -2.36. The van der Waals surface area contributed by atoms with Crippen LogP contribution in [0.3, 0.4) is 0 Å². The molecule has 0 aromatic heterocycles. The predicted octanol–water partition coefficient (Wildman–Crippen LogP) is 2.74. The molecular weight excluding hydrogens is 245 g/mol. The summed E-state index contributed by atoms with van der Waals surface area (Å²) >= 11 is 0. The van der Waals surface area contributed by atoms with Crippen molar-refractivity contribution in [3.05, 3.63) is 29.6 Å². The molecule has 0 amide bonds. The van der Waals surface area contributed by atoms with E-state index in [-0.39, 0.29) is 5.82 Å². The highest BCUT2D eigenvalue weighted by molar-refractivity contribution is 5.56. The minimum atomic E-state index is -0.651. The van der Waals surface area contributed by atoms with Crippen molar-refractivity contribution in [3.63, 3.8) is 0 Å². The highest BCUT2D eigenvalue weighted by Gasteiger charge is 2.24. The van der Waals surface area contributed by atoms with Crippen LogP contribution in [0.15, 0.2) is 18.2 Å². The molecule has 0 radical (unpaired) electrons. The molecule has 0 saturated carbocycles. The fourth-order valence-corrected chi connectivity index (χ4v) is 2.76. The van der Waals surface area contributed by atoms with Crippen molar-refractivity contribution >= 4 is 5.69 Å². The summed E-state index contributed by atoms with van der Waals surface area (Å²) in [5.74, 6) is 0.312. The third kappa shape index (κ3) is 3.25. The number of rotatable bonds is 4. The van der Waals surface area contributed by atoms with Gasteiger partial charge in [-0.05, 0) is 31.7 Å². The quantitative estimate of drug-likeness (QED) is 0.910. The van der Waals surface area contributed by atoms with Gasteiger partial charge in [0.2, 0.25) is 0 Å². The standard InChI is InChI=1S/C15H22FNO2/c1-11(18)13-4-3-5-14(16)15(13)17-8-6-12(7-9-17)10-19-2/h3-5,11-12,18H,6-10H2,1-2H3. The Balaban J connectivity index is 2.15.